The Hall–Kier alpha value is -3.40. The van der Waals surface area contributed by atoms with Crippen molar-refractivity contribution in [2.75, 3.05) is 45.2 Å². The molecule has 1 fully saturated rings. The standard InChI is InChI=1S/C22H23FN4O4S/c1-25-21(15-20(24-32(25,29)30)16-3-9-19(31-2)10-4-16)22(28)27-13-11-26(12-14-27)18-7-5-17(23)6-8-18/h3-10,15H,11-14H2,1-2H3. The normalized spacial score (nSPS) is 18.2. The van der Waals surface area contributed by atoms with Crippen LogP contribution in [-0.2, 0) is 15.0 Å². The Balaban J connectivity index is 1.53. The van der Waals surface area contributed by atoms with Gasteiger partial charge in [-0.25, -0.2) is 8.70 Å². The Morgan fingerprint density at radius 3 is 2.22 bits per heavy atom. The average Bonchev–Trinajstić information content (AvgIpc) is 2.81. The van der Waals surface area contributed by atoms with Gasteiger partial charge in [-0.15, -0.1) is 4.40 Å². The largest absolute Gasteiger partial charge is 0.497 e. The van der Waals surface area contributed by atoms with E-state index in [1.165, 1.54) is 25.3 Å². The zero-order valence-corrected chi connectivity index (χ0v) is 18.5. The summed E-state index contributed by atoms with van der Waals surface area (Å²) in [6.45, 7) is 1.94. The van der Waals surface area contributed by atoms with Crippen molar-refractivity contribution >= 4 is 27.5 Å². The number of hydrogen-bond acceptors (Lipinski definition) is 5. The molecule has 8 nitrogen and oxygen atoms in total. The number of methoxy groups -OCH3 is 1. The first-order valence-electron chi connectivity index (χ1n) is 10.0. The maximum Gasteiger partial charge on any atom is 0.345 e. The van der Waals surface area contributed by atoms with Gasteiger partial charge in [0, 0.05) is 44.5 Å². The SMILES string of the molecule is COc1ccc(C2=NS(=O)(=O)N(C)C(C(=O)N3CCN(c4ccc(F)cc4)CC3)=C2)cc1. The second kappa shape index (κ2) is 8.62. The molecule has 0 aliphatic carbocycles. The van der Waals surface area contributed by atoms with E-state index in [9.17, 15) is 17.6 Å². The lowest BCUT2D eigenvalue weighted by Crippen LogP contribution is -2.51. The molecule has 2 aliphatic rings. The number of carbonyl (C=O) groups is 1. The van der Waals surface area contributed by atoms with Gasteiger partial charge < -0.3 is 14.5 Å². The van der Waals surface area contributed by atoms with Crippen molar-refractivity contribution in [3.05, 3.63) is 71.7 Å². The Kier molecular flexibility index (Phi) is 5.88. The monoisotopic (exact) mass is 458 g/mol. The fourth-order valence-corrected chi connectivity index (χ4v) is 4.54. The molecule has 0 aromatic heterocycles. The molecule has 0 bridgehead atoms. The van der Waals surface area contributed by atoms with Crippen molar-refractivity contribution in [3.63, 3.8) is 0 Å². The molecule has 1 amide bonds. The third-order valence-corrected chi connectivity index (χ3v) is 6.85. The molecule has 0 saturated carbocycles. The molecule has 10 heteroatoms. The van der Waals surface area contributed by atoms with E-state index >= 15 is 0 Å². The molecular weight excluding hydrogens is 435 g/mol. The lowest BCUT2D eigenvalue weighted by atomic mass is 10.1. The summed E-state index contributed by atoms with van der Waals surface area (Å²) in [5, 5.41) is 0. The van der Waals surface area contributed by atoms with Crippen LogP contribution in [0, 0.1) is 5.82 Å². The van der Waals surface area contributed by atoms with Crippen molar-refractivity contribution in [1.29, 1.82) is 0 Å². The summed E-state index contributed by atoms with van der Waals surface area (Å²) in [6.07, 6.45) is 1.50. The van der Waals surface area contributed by atoms with E-state index in [0.29, 0.717) is 37.5 Å². The molecule has 2 heterocycles. The number of nitrogens with zero attached hydrogens (tertiary/aromatic N) is 4. The van der Waals surface area contributed by atoms with E-state index in [0.717, 1.165) is 9.99 Å². The van der Waals surface area contributed by atoms with Crippen LogP contribution in [0.2, 0.25) is 0 Å². The fourth-order valence-electron chi connectivity index (χ4n) is 3.63. The summed E-state index contributed by atoms with van der Waals surface area (Å²) in [5.41, 5.74) is 1.68. The number of allylic oxidation sites excluding steroid dienone is 1. The maximum atomic E-state index is 13.2. The molecule has 32 heavy (non-hydrogen) atoms. The molecule has 0 radical (unpaired) electrons. The van der Waals surface area contributed by atoms with Gasteiger partial charge in [-0.05, 0) is 54.6 Å². The van der Waals surface area contributed by atoms with E-state index < -0.39 is 10.2 Å². The van der Waals surface area contributed by atoms with Crippen LogP contribution in [0.5, 0.6) is 5.75 Å². The summed E-state index contributed by atoms with van der Waals surface area (Å²) in [4.78, 5) is 16.9. The van der Waals surface area contributed by atoms with Gasteiger partial charge in [0.05, 0.1) is 12.8 Å². The number of likely N-dealkylation sites (N-methyl/N-ethyl adjacent to an activating group) is 1. The van der Waals surface area contributed by atoms with E-state index in [1.807, 2.05) is 0 Å². The molecule has 2 aromatic rings. The van der Waals surface area contributed by atoms with Crippen molar-refractivity contribution in [2.45, 2.75) is 0 Å². The van der Waals surface area contributed by atoms with Crippen LogP contribution in [0.1, 0.15) is 5.56 Å². The number of hydrogen-bond donors (Lipinski definition) is 0. The van der Waals surface area contributed by atoms with E-state index in [4.69, 9.17) is 4.74 Å². The number of amides is 1. The first-order valence-corrected chi connectivity index (χ1v) is 11.4. The van der Waals surface area contributed by atoms with E-state index in [1.54, 1.807) is 48.4 Å². The molecule has 2 aromatic carbocycles. The van der Waals surface area contributed by atoms with Gasteiger partial charge >= 0.3 is 10.2 Å². The second-order valence-corrected chi connectivity index (χ2v) is 9.06. The van der Waals surface area contributed by atoms with Gasteiger partial charge in [0.25, 0.3) is 5.91 Å². The van der Waals surface area contributed by atoms with Crippen LogP contribution in [0.25, 0.3) is 0 Å². The van der Waals surface area contributed by atoms with Gasteiger partial charge in [0.15, 0.2) is 0 Å². The highest BCUT2D eigenvalue weighted by molar-refractivity contribution is 7.88. The van der Waals surface area contributed by atoms with Crippen LogP contribution >= 0.6 is 0 Å². The summed E-state index contributed by atoms with van der Waals surface area (Å²) in [5.74, 6) is -0.0504. The van der Waals surface area contributed by atoms with Crippen molar-refractivity contribution in [1.82, 2.24) is 9.21 Å². The zero-order valence-electron chi connectivity index (χ0n) is 17.7. The van der Waals surface area contributed by atoms with Crippen molar-refractivity contribution in [3.8, 4) is 5.75 Å². The average molecular weight is 459 g/mol. The zero-order chi connectivity index (χ0) is 22.9. The number of halogens is 1. The highest BCUT2D eigenvalue weighted by Gasteiger charge is 2.33. The predicted molar refractivity (Wildman–Crippen MR) is 119 cm³/mol. The Bertz CT molecular complexity index is 1170. The lowest BCUT2D eigenvalue weighted by Gasteiger charge is -2.37. The molecule has 1 saturated heterocycles. The first kappa shape index (κ1) is 21.8. The minimum atomic E-state index is -4.04. The lowest BCUT2D eigenvalue weighted by molar-refractivity contribution is -0.128. The highest BCUT2D eigenvalue weighted by Crippen LogP contribution is 2.24. The number of rotatable bonds is 4. The van der Waals surface area contributed by atoms with Crippen LogP contribution in [0.15, 0.2) is 64.7 Å². The molecule has 2 aliphatic heterocycles. The van der Waals surface area contributed by atoms with Crippen LogP contribution in [0.4, 0.5) is 10.1 Å². The Labute approximate surface area is 186 Å². The molecule has 168 valence electrons. The van der Waals surface area contributed by atoms with Gasteiger partial charge in [0.1, 0.15) is 17.3 Å². The predicted octanol–water partition coefficient (Wildman–Crippen LogP) is 2.05. The number of piperazine rings is 1. The molecule has 0 unspecified atom stereocenters. The maximum absolute atomic E-state index is 13.2. The van der Waals surface area contributed by atoms with Crippen LogP contribution < -0.4 is 9.64 Å². The van der Waals surface area contributed by atoms with Crippen molar-refractivity contribution < 1.29 is 22.3 Å². The minimum absolute atomic E-state index is 0.0426. The number of carbonyl (C=O) groups excluding carboxylic acids is 1. The fraction of sp³-hybridized carbons (Fsp3) is 0.273. The smallest absolute Gasteiger partial charge is 0.345 e. The van der Waals surface area contributed by atoms with Gasteiger partial charge in [0.2, 0.25) is 0 Å². The Morgan fingerprint density at radius 2 is 1.62 bits per heavy atom. The Morgan fingerprint density at radius 1 is 1.00 bits per heavy atom. The van der Waals surface area contributed by atoms with E-state index in [2.05, 4.69) is 9.30 Å². The highest BCUT2D eigenvalue weighted by atomic mass is 32.2. The van der Waals surface area contributed by atoms with E-state index in [-0.39, 0.29) is 23.1 Å². The molecule has 0 N–H and O–H groups in total. The van der Waals surface area contributed by atoms with Crippen LogP contribution in [-0.4, -0.2) is 69.6 Å². The summed E-state index contributed by atoms with van der Waals surface area (Å²) < 4.78 is 48.3. The summed E-state index contributed by atoms with van der Waals surface area (Å²) >= 11 is 0. The summed E-state index contributed by atoms with van der Waals surface area (Å²) in [7, 11) is -1.17. The second-order valence-electron chi connectivity index (χ2n) is 7.44. The third kappa shape index (κ3) is 4.31. The van der Waals surface area contributed by atoms with Gasteiger partial charge in [-0.3, -0.25) is 4.79 Å². The molecule has 0 spiro atoms. The molecular formula is C22H23FN4O4S. The number of ether oxygens (including phenoxy) is 1. The van der Waals surface area contributed by atoms with Crippen molar-refractivity contribution in [2.24, 2.45) is 4.40 Å². The van der Waals surface area contributed by atoms with Crippen LogP contribution in [0.3, 0.4) is 0 Å². The molecule has 4 rings (SSSR count). The van der Waals surface area contributed by atoms with Gasteiger partial charge in [-0.2, -0.15) is 8.42 Å². The molecule has 0 atom stereocenters. The number of anilines is 1. The summed E-state index contributed by atoms with van der Waals surface area (Å²) in [6, 6.07) is 13.0. The topological polar surface area (TPSA) is 82.5 Å². The van der Waals surface area contributed by atoms with Gasteiger partial charge in [-0.1, -0.05) is 0 Å². The number of benzene rings is 2. The minimum Gasteiger partial charge on any atom is -0.497 e. The third-order valence-electron chi connectivity index (χ3n) is 5.54. The quantitative estimate of drug-likeness (QED) is 0.701. The first-order chi connectivity index (χ1) is 15.3.